The van der Waals surface area contributed by atoms with Crippen LogP contribution in [0.1, 0.15) is 52.9 Å². The zero-order chi connectivity index (χ0) is 27.6. The summed E-state index contributed by atoms with van der Waals surface area (Å²) in [6.45, 7) is 4.43. The van der Waals surface area contributed by atoms with Gasteiger partial charge in [-0.2, -0.15) is 0 Å². The molecule has 0 unspecified atom stereocenters. The van der Waals surface area contributed by atoms with E-state index in [9.17, 15) is 33.8 Å². The molecule has 0 bridgehead atoms. The van der Waals surface area contributed by atoms with Crippen molar-refractivity contribution >= 4 is 34.6 Å². The molecule has 2 N–H and O–H groups in total. The third-order valence-corrected chi connectivity index (χ3v) is 10.1. The normalized spacial score (nSPS) is 44.4. The molecular formula is C26H31F3O7S. The van der Waals surface area contributed by atoms with Crippen molar-refractivity contribution in [3.63, 3.8) is 0 Å². The number of ether oxygens (including phenoxy) is 1. The number of alkyl halides is 3. The summed E-state index contributed by atoms with van der Waals surface area (Å²) in [5, 5.41) is 20.5. The number of aliphatic hydroxyl groups excluding tert-OH is 1. The molecule has 0 aromatic heterocycles. The summed E-state index contributed by atoms with van der Waals surface area (Å²) in [4.78, 5) is 50.4. The van der Waals surface area contributed by atoms with E-state index in [2.05, 4.69) is 0 Å². The molecule has 0 aromatic carbocycles. The largest absolute Gasteiger partial charge is 0.481 e. The molecule has 37 heavy (non-hydrogen) atoms. The number of halogens is 3. The van der Waals surface area contributed by atoms with Gasteiger partial charge in [0.1, 0.15) is 12.2 Å². The number of allylic oxidation sites excluding steroid dienone is 4. The predicted molar refractivity (Wildman–Crippen MR) is 127 cm³/mol. The Labute approximate surface area is 216 Å². The molecule has 3 saturated carbocycles. The smallest absolute Gasteiger partial charge is 0.306 e. The quantitative estimate of drug-likeness (QED) is 0.484. The number of rotatable bonds is 6. The first-order valence-corrected chi connectivity index (χ1v) is 13.4. The fraction of sp³-hybridized carbons (Fsp3) is 0.692. The first kappa shape index (κ1) is 27.9. The minimum Gasteiger partial charge on any atom is -0.481 e. The van der Waals surface area contributed by atoms with Gasteiger partial charge >= 0.3 is 11.9 Å². The Hall–Kier alpha value is -2.14. The van der Waals surface area contributed by atoms with Crippen molar-refractivity contribution in [2.45, 2.75) is 76.4 Å². The number of hydrogen-bond acceptors (Lipinski definition) is 7. The van der Waals surface area contributed by atoms with Gasteiger partial charge in [0, 0.05) is 29.1 Å². The lowest BCUT2D eigenvalue weighted by Crippen LogP contribution is -2.71. The second kappa shape index (κ2) is 9.25. The van der Waals surface area contributed by atoms with E-state index in [0.29, 0.717) is 0 Å². The van der Waals surface area contributed by atoms with Crippen LogP contribution in [0.15, 0.2) is 23.8 Å². The molecular weight excluding hydrogens is 513 g/mol. The molecule has 7 nitrogen and oxygen atoms in total. The highest BCUT2D eigenvalue weighted by Crippen LogP contribution is 2.73. The summed E-state index contributed by atoms with van der Waals surface area (Å²) < 4.78 is 52.2. The van der Waals surface area contributed by atoms with Crippen molar-refractivity contribution in [1.82, 2.24) is 0 Å². The number of aliphatic hydroxyl groups is 1. The fourth-order valence-corrected chi connectivity index (χ4v) is 8.72. The Bertz CT molecular complexity index is 1090. The van der Waals surface area contributed by atoms with Crippen LogP contribution in [-0.4, -0.2) is 62.6 Å². The van der Waals surface area contributed by atoms with E-state index in [1.165, 1.54) is 19.9 Å². The molecule has 9 atom stereocenters. The lowest BCUT2D eigenvalue weighted by molar-refractivity contribution is -0.235. The maximum atomic E-state index is 17.4. The maximum absolute atomic E-state index is 17.4. The molecule has 0 saturated heterocycles. The molecule has 0 amide bonds. The number of fused-ring (bicyclic) bond motifs is 5. The molecule has 204 valence electrons. The van der Waals surface area contributed by atoms with Crippen molar-refractivity contribution < 1.29 is 47.3 Å². The van der Waals surface area contributed by atoms with Gasteiger partial charge in [-0.25, -0.2) is 13.2 Å². The molecule has 0 heterocycles. The molecule has 4 rings (SSSR count). The first-order chi connectivity index (χ1) is 17.2. The van der Waals surface area contributed by atoms with E-state index in [1.54, 1.807) is 6.92 Å². The average Bonchev–Trinajstić information content (AvgIpc) is 3.05. The van der Waals surface area contributed by atoms with Crippen LogP contribution in [0.3, 0.4) is 0 Å². The minimum atomic E-state index is -2.51. The predicted octanol–water partition coefficient (Wildman–Crippen LogP) is 3.88. The number of ketones is 1. The molecule has 11 heteroatoms. The van der Waals surface area contributed by atoms with E-state index in [4.69, 9.17) is 4.74 Å². The van der Waals surface area contributed by atoms with Gasteiger partial charge in [-0.3, -0.25) is 19.2 Å². The number of carboxylic acids is 1. The number of esters is 1. The first-order valence-electron chi connectivity index (χ1n) is 12.4. The molecule has 4 aliphatic carbocycles. The third-order valence-electron chi connectivity index (χ3n) is 9.41. The van der Waals surface area contributed by atoms with Crippen LogP contribution in [0.25, 0.3) is 0 Å². The highest BCUT2D eigenvalue weighted by Gasteiger charge is 2.79. The van der Waals surface area contributed by atoms with Gasteiger partial charge in [-0.15, -0.1) is 0 Å². The van der Waals surface area contributed by atoms with Gasteiger partial charge < -0.3 is 14.9 Å². The zero-order valence-corrected chi connectivity index (χ0v) is 21.7. The third kappa shape index (κ3) is 3.59. The number of carbonyl (C=O) groups excluding carboxylic acids is 3. The van der Waals surface area contributed by atoms with Crippen LogP contribution in [0.2, 0.25) is 0 Å². The van der Waals surface area contributed by atoms with Crippen molar-refractivity contribution in [1.29, 1.82) is 0 Å². The van der Waals surface area contributed by atoms with Gasteiger partial charge in [0.15, 0.2) is 17.1 Å². The van der Waals surface area contributed by atoms with Gasteiger partial charge in [0.2, 0.25) is 5.12 Å². The van der Waals surface area contributed by atoms with Crippen LogP contribution in [-0.2, 0) is 23.9 Å². The number of carboxylic acid groups (broad SMARTS) is 1. The zero-order valence-electron chi connectivity index (χ0n) is 20.8. The van der Waals surface area contributed by atoms with Gasteiger partial charge in [0.05, 0.1) is 12.5 Å². The van der Waals surface area contributed by atoms with Crippen LogP contribution in [0.4, 0.5) is 13.2 Å². The molecule has 3 fully saturated rings. The lowest BCUT2D eigenvalue weighted by atomic mass is 9.43. The molecule has 0 spiro atoms. The van der Waals surface area contributed by atoms with Crippen LogP contribution >= 0.6 is 11.8 Å². The van der Waals surface area contributed by atoms with E-state index in [-0.39, 0.29) is 30.2 Å². The molecule has 0 radical (unpaired) electrons. The second-order valence-corrected chi connectivity index (χ2v) is 11.8. The second-order valence-electron chi connectivity index (χ2n) is 10.9. The number of aliphatic carboxylic acids is 1. The van der Waals surface area contributed by atoms with Crippen molar-refractivity contribution in [2.75, 3.05) is 6.01 Å². The molecule has 4 aliphatic rings. The summed E-state index contributed by atoms with van der Waals surface area (Å²) in [5.74, 6) is -5.84. The molecule has 0 aromatic rings. The standard InChI is InChI=1S/C26H31F3O7S/c1-4-21(34)36-26(22(35)37-12-27)13(2)7-15-16-9-18(28)17-8-14(30)5-6-23(17,3)25(16,29)19(31)10-24(15,26)11-20(32)33/h5-6,8,13,15-16,18-19,31H,4,7,9-12H2,1-3H3,(H,32,33)/t13-,15+,16+,18+,19+,23+,24-,25+,26+/m1/s1. The lowest BCUT2D eigenvalue weighted by Gasteiger charge is -2.63. The summed E-state index contributed by atoms with van der Waals surface area (Å²) in [5.41, 5.74) is -8.28. The highest BCUT2D eigenvalue weighted by molar-refractivity contribution is 8.13. The van der Waals surface area contributed by atoms with Crippen molar-refractivity contribution in [3.05, 3.63) is 23.8 Å². The van der Waals surface area contributed by atoms with Crippen LogP contribution in [0.5, 0.6) is 0 Å². The number of carbonyl (C=O) groups is 4. The Morgan fingerprint density at radius 3 is 2.51 bits per heavy atom. The Morgan fingerprint density at radius 1 is 1.24 bits per heavy atom. The van der Waals surface area contributed by atoms with Gasteiger partial charge in [-0.05, 0) is 61.6 Å². The SMILES string of the molecule is CCC(=O)O[C@]1(C(=O)SCF)[C@H](C)C[C@H]2[C@@H]3C[C@H](F)C4=CC(=O)C=C[C@]4(C)[C@@]3(F)[C@@H](O)C[C@@]21CC(=O)O. The van der Waals surface area contributed by atoms with Crippen LogP contribution in [0, 0.1) is 28.6 Å². The summed E-state index contributed by atoms with van der Waals surface area (Å²) >= 11 is 0.230. The summed E-state index contributed by atoms with van der Waals surface area (Å²) in [6.07, 6.45) is -2.23. The summed E-state index contributed by atoms with van der Waals surface area (Å²) in [6, 6.07) is -1.17. The Balaban J connectivity index is 1.96. The van der Waals surface area contributed by atoms with Gasteiger partial charge in [-0.1, -0.05) is 19.9 Å². The average molecular weight is 545 g/mol. The maximum Gasteiger partial charge on any atom is 0.306 e. The monoisotopic (exact) mass is 544 g/mol. The van der Waals surface area contributed by atoms with Crippen molar-refractivity contribution in [3.8, 4) is 0 Å². The topological polar surface area (TPSA) is 118 Å². The van der Waals surface area contributed by atoms with Crippen molar-refractivity contribution in [2.24, 2.45) is 28.6 Å². The number of hydrogen-bond donors (Lipinski definition) is 2. The van der Waals surface area contributed by atoms with E-state index < -0.39 is 100 Å². The Kier molecular flexibility index (Phi) is 6.97. The highest BCUT2D eigenvalue weighted by atomic mass is 32.2. The number of thioether (sulfide) groups is 1. The van der Waals surface area contributed by atoms with E-state index in [1.807, 2.05) is 0 Å². The van der Waals surface area contributed by atoms with Gasteiger partial charge in [0.25, 0.3) is 0 Å². The Morgan fingerprint density at radius 2 is 1.92 bits per heavy atom. The minimum absolute atomic E-state index is 0.00356. The van der Waals surface area contributed by atoms with E-state index >= 15 is 8.78 Å². The molecule has 0 aliphatic heterocycles. The summed E-state index contributed by atoms with van der Waals surface area (Å²) in [7, 11) is 0. The van der Waals surface area contributed by atoms with E-state index in [0.717, 1.165) is 12.2 Å². The van der Waals surface area contributed by atoms with Crippen LogP contribution < -0.4 is 0 Å². The fourth-order valence-electron chi connectivity index (χ4n) is 7.96.